The van der Waals surface area contributed by atoms with Gasteiger partial charge >= 0.3 is 0 Å². The number of fused-ring (bicyclic) bond motifs is 1. The Hall–Kier alpha value is -2.03. The van der Waals surface area contributed by atoms with Gasteiger partial charge in [0.1, 0.15) is 10.5 Å². The van der Waals surface area contributed by atoms with Crippen LogP contribution in [0.25, 0.3) is 20.7 Å². The highest BCUT2D eigenvalue weighted by atomic mass is 32.1. The van der Waals surface area contributed by atoms with E-state index < -0.39 is 0 Å². The average molecular weight is 345 g/mol. The normalized spacial score (nSPS) is 18.7. The number of thiophene rings is 1. The Labute approximate surface area is 142 Å². The second-order valence-corrected chi connectivity index (χ2v) is 7.15. The minimum Gasteiger partial charge on any atom is -0.395 e. The van der Waals surface area contributed by atoms with Gasteiger partial charge in [0.05, 0.1) is 24.4 Å². The predicted octanol–water partition coefficient (Wildman–Crippen LogP) is 1.81. The van der Waals surface area contributed by atoms with Crippen LogP contribution < -0.4 is 5.56 Å². The topological polar surface area (TPSA) is 97.9 Å². The molecule has 126 valence electrons. The van der Waals surface area contributed by atoms with Crippen molar-refractivity contribution in [3.63, 3.8) is 0 Å². The molecule has 4 heterocycles. The lowest BCUT2D eigenvalue weighted by Gasteiger charge is -2.22. The highest BCUT2D eigenvalue weighted by Gasteiger charge is 2.28. The van der Waals surface area contributed by atoms with Crippen molar-refractivity contribution in [2.75, 3.05) is 19.7 Å². The number of aliphatic hydroxyl groups excluding tert-OH is 1. The van der Waals surface area contributed by atoms with Crippen molar-refractivity contribution in [3.05, 3.63) is 34.1 Å². The van der Waals surface area contributed by atoms with E-state index in [2.05, 4.69) is 20.1 Å². The van der Waals surface area contributed by atoms with Crippen LogP contribution in [0, 0.1) is 6.92 Å². The van der Waals surface area contributed by atoms with Crippen molar-refractivity contribution in [1.82, 2.24) is 25.1 Å². The summed E-state index contributed by atoms with van der Waals surface area (Å²) in [7, 11) is 0. The van der Waals surface area contributed by atoms with Gasteiger partial charge in [-0.15, -0.1) is 11.3 Å². The molecule has 3 aromatic heterocycles. The van der Waals surface area contributed by atoms with Gasteiger partial charge in [-0.2, -0.15) is 5.10 Å². The van der Waals surface area contributed by atoms with Gasteiger partial charge in [0.25, 0.3) is 5.56 Å². The molecule has 0 aliphatic carbocycles. The smallest absolute Gasteiger partial charge is 0.268 e. The average Bonchev–Trinajstić information content (AvgIpc) is 3.26. The largest absolute Gasteiger partial charge is 0.395 e. The molecule has 8 heteroatoms. The van der Waals surface area contributed by atoms with E-state index in [1.165, 1.54) is 11.3 Å². The minimum atomic E-state index is -0.0942. The molecule has 0 saturated carbocycles. The Morgan fingerprint density at radius 3 is 3.12 bits per heavy atom. The molecule has 24 heavy (non-hydrogen) atoms. The standard InChI is InChI=1S/C16H19N5O2S/c1-9-10(8-17-20-9)13-7-11-14(24-13)16(23)19-15(18-11)12-3-2-4-21(12)5-6-22/h7-8,12,22H,2-6H2,1H3,(H,17,20)(H,18,19,23). The molecule has 1 unspecified atom stereocenters. The van der Waals surface area contributed by atoms with Gasteiger partial charge in [-0.25, -0.2) is 4.98 Å². The predicted molar refractivity (Wildman–Crippen MR) is 93.2 cm³/mol. The zero-order chi connectivity index (χ0) is 16.7. The molecule has 0 spiro atoms. The molecule has 3 N–H and O–H groups in total. The van der Waals surface area contributed by atoms with E-state index in [1.54, 1.807) is 6.20 Å². The molecule has 0 radical (unpaired) electrons. The lowest BCUT2D eigenvalue weighted by atomic mass is 10.2. The lowest BCUT2D eigenvalue weighted by Crippen LogP contribution is -2.28. The highest BCUT2D eigenvalue weighted by Crippen LogP contribution is 2.34. The van der Waals surface area contributed by atoms with E-state index in [9.17, 15) is 9.90 Å². The first-order chi connectivity index (χ1) is 11.7. The van der Waals surface area contributed by atoms with Crippen molar-refractivity contribution in [1.29, 1.82) is 0 Å². The number of H-pyrrole nitrogens is 2. The summed E-state index contributed by atoms with van der Waals surface area (Å²) in [6.07, 6.45) is 3.77. The second kappa shape index (κ2) is 6.12. The quantitative estimate of drug-likeness (QED) is 0.670. The van der Waals surface area contributed by atoms with Crippen LogP contribution in [0.2, 0.25) is 0 Å². The monoisotopic (exact) mass is 345 g/mol. The fraction of sp³-hybridized carbons (Fsp3) is 0.438. The van der Waals surface area contributed by atoms with Gasteiger partial charge in [0, 0.05) is 22.7 Å². The second-order valence-electron chi connectivity index (χ2n) is 6.10. The Bertz CT molecular complexity index is 928. The molecule has 0 bridgehead atoms. The minimum absolute atomic E-state index is 0.0771. The molecule has 3 aromatic rings. The maximum atomic E-state index is 12.5. The fourth-order valence-corrected chi connectivity index (χ4v) is 4.44. The first kappa shape index (κ1) is 15.5. The number of β-amino-alcohol motifs (C(OH)–C–C–N with tert-alkyl or cyclic N) is 1. The number of nitrogens with zero attached hydrogens (tertiary/aromatic N) is 3. The van der Waals surface area contributed by atoms with E-state index in [0.717, 1.165) is 41.0 Å². The van der Waals surface area contributed by atoms with E-state index in [4.69, 9.17) is 4.98 Å². The Balaban J connectivity index is 1.77. The zero-order valence-corrected chi connectivity index (χ0v) is 14.2. The number of rotatable bonds is 4. The van der Waals surface area contributed by atoms with Crippen LogP contribution in [0.4, 0.5) is 0 Å². The van der Waals surface area contributed by atoms with Gasteiger partial charge in [-0.3, -0.25) is 14.8 Å². The van der Waals surface area contributed by atoms with Gasteiger partial charge in [0.15, 0.2) is 0 Å². The molecule has 0 aromatic carbocycles. The van der Waals surface area contributed by atoms with Gasteiger partial charge < -0.3 is 10.1 Å². The molecule has 1 saturated heterocycles. The molecular formula is C16H19N5O2S. The first-order valence-electron chi connectivity index (χ1n) is 8.06. The van der Waals surface area contributed by atoms with Crippen LogP contribution in [0.3, 0.4) is 0 Å². The Morgan fingerprint density at radius 2 is 2.38 bits per heavy atom. The molecule has 1 aliphatic rings. The van der Waals surface area contributed by atoms with E-state index in [-0.39, 0.29) is 18.2 Å². The van der Waals surface area contributed by atoms with E-state index in [0.29, 0.717) is 17.1 Å². The third-order valence-electron chi connectivity index (χ3n) is 4.56. The maximum absolute atomic E-state index is 12.5. The van der Waals surface area contributed by atoms with Crippen LogP contribution >= 0.6 is 11.3 Å². The summed E-state index contributed by atoms with van der Waals surface area (Å²) in [5.74, 6) is 0.701. The van der Waals surface area contributed by atoms with Gasteiger partial charge in [0.2, 0.25) is 0 Å². The van der Waals surface area contributed by atoms with Crippen LogP contribution in [-0.4, -0.2) is 49.9 Å². The van der Waals surface area contributed by atoms with Crippen molar-refractivity contribution in [2.24, 2.45) is 0 Å². The van der Waals surface area contributed by atoms with Gasteiger partial charge in [-0.05, 0) is 32.4 Å². The summed E-state index contributed by atoms with van der Waals surface area (Å²) in [4.78, 5) is 23.3. The number of likely N-dealkylation sites (tertiary alicyclic amines) is 1. The zero-order valence-electron chi connectivity index (χ0n) is 13.4. The van der Waals surface area contributed by atoms with Crippen LogP contribution in [-0.2, 0) is 0 Å². The molecule has 0 amide bonds. The summed E-state index contributed by atoms with van der Waals surface area (Å²) in [5, 5.41) is 16.2. The van der Waals surface area contributed by atoms with E-state index >= 15 is 0 Å². The number of hydrogen-bond donors (Lipinski definition) is 3. The molecule has 4 rings (SSSR count). The van der Waals surface area contributed by atoms with Crippen molar-refractivity contribution in [3.8, 4) is 10.4 Å². The van der Waals surface area contributed by atoms with Gasteiger partial charge in [-0.1, -0.05) is 0 Å². The number of aromatic nitrogens is 4. The number of nitrogens with one attached hydrogen (secondary N) is 2. The molecule has 1 atom stereocenters. The maximum Gasteiger partial charge on any atom is 0.268 e. The van der Waals surface area contributed by atoms with Crippen molar-refractivity contribution < 1.29 is 5.11 Å². The SMILES string of the molecule is Cc1[nH]ncc1-c1cc2nc(C3CCCN3CCO)[nH]c(=O)c2s1. The third kappa shape index (κ3) is 2.56. The number of hydrogen-bond acceptors (Lipinski definition) is 6. The summed E-state index contributed by atoms with van der Waals surface area (Å²) in [6.45, 7) is 3.61. The van der Waals surface area contributed by atoms with Crippen molar-refractivity contribution >= 4 is 21.6 Å². The lowest BCUT2D eigenvalue weighted by molar-refractivity contribution is 0.181. The Kier molecular flexibility index (Phi) is 3.95. The molecule has 7 nitrogen and oxygen atoms in total. The molecular weight excluding hydrogens is 326 g/mol. The summed E-state index contributed by atoms with van der Waals surface area (Å²) in [5.41, 5.74) is 2.61. The van der Waals surface area contributed by atoms with Crippen LogP contribution in [0.15, 0.2) is 17.1 Å². The van der Waals surface area contributed by atoms with E-state index in [1.807, 2.05) is 13.0 Å². The molecule has 1 aliphatic heterocycles. The van der Waals surface area contributed by atoms with Crippen LogP contribution in [0.1, 0.15) is 30.4 Å². The third-order valence-corrected chi connectivity index (χ3v) is 5.72. The summed E-state index contributed by atoms with van der Waals surface area (Å²) < 4.78 is 0.640. The summed E-state index contributed by atoms with van der Waals surface area (Å²) >= 11 is 1.44. The fourth-order valence-electron chi connectivity index (χ4n) is 3.38. The number of aryl methyl sites for hydroxylation is 1. The highest BCUT2D eigenvalue weighted by molar-refractivity contribution is 7.22. The number of aromatic amines is 2. The van der Waals surface area contributed by atoms with Crippen molar-refractivity contribution in [2.45, 2.75) is 25.8 Å². The summed E-state index contributed by atoms with van der Waals surface area (Å²) in [6, 6.07) is 2.04. The number of aliphatic hydroxyl groups is 1. The first-order valence-corrected chi connectivity index (χ1v) is 8.88. The Morgan fingerprint density at radius 1 is 1.50 bits per heavy atom. The molecule has 1 fully saturated rings. The van der Waals surface area contributed by atoms with Crippen LogP contribution in [0.5, 0.6) is 0 Å².